The summed E-state index contributed by atoms with van der Waals surface area (Å²) in [6, 6.07) is 12.2. The van der Waals surface area contributed by atoms with Gasteiger partial charge in [-0.2, -0.15) is 0 Å². The molecule has 0 saturated heterocycles. The van der Waals surface area contributed by atoms with Crippen LogP contribution >= 0.6 is 11.3 Å². The molecule has 120 valence electrons. The lowest BCUT2D eigenvalue weighted by Crippen LogP contribution is -2.20. The molecule has 2 aromatic heterocycles. The molecule has 24 heavy (non-hydrogen) atoms. The summed E-state index contributed by atoms with van der Waals surface area (Å²) in [5, 5.41) is 5.27. The minimum absolute atomic E-state index is 0.136. The molecule has 2 heterocycles. The van der Waals surface area contributed by atoms with Gasteiger partial charge in [0.1, 0.15) is 0 Å². The Morgan fingerprint density at radius 1 is 1.17 bits per heavy atom. The zero-order valence-corrected chi connectivity index (χ0v) is 14.1. The number of hydrogen-bond acceptors (Lipinski definition) is 5. The van der Waals surface area contributed by atoms with Crippen LogP contribution in [0.4, 0.5) is 11.6 Å². The summed E-state index contributed by atoms with van der Waals surface area (Å²) >= 11 is 1.70. The van der Waals surface area contributed by atoms with Crippen LogP contribution in [-0.2, 0) is 6.42 Å². The predicted octanol–water partition coefficient (Wildman–Crippen LogP) is 4.50. The Hall–Kier alpha value is -2.53. The number of aryl methyl sites for hydroxylation is 1. The number of Topliss-reactive ketones (excluding diaryl/α,β-unsaturated/α-hetero) is 1. The lowest BCUT2D eigenvalue weighted by molar-refractivity contribution is 0.0963. The Morgan fingerprint density at radius 3 is 2.75 bits per heavy atom. The van der Waals surface area contributed by atoms with Crippen LogP contribution in [0.15, 0.2) is 48.0 Å². The number of carbonyl (C=O) groups is 1. The summed E-state index contributed by atoms with van der Waals surface area (Å²) in [4.78, 5) is 22.6. The molecule has 0 spiro atoms. The minimum Gasteiger partial charge on any atom is -0.324 e. The van der Waals surface area contributed by atoms with Crippen molar-refractivity contribution < 1.29 is 4.79 Å². The number of nitrogens with one attached hydrogen (secondary N) is 1. The van der Waals surface area contributed by atoms with Crippen molar-refractivity contribution >= 4 is 28.8 Å². The van der Waals surface area contributed by atoms with E-state index >= 15 is 0 Å². The van der Waals surface area contributed by atoms with E-state index in [9.17, 15) is 4.79 Å². The number of hydrogen-bond donors (Lipinski definition) is 1. The predicted molar refractivity (Wildman–Crippen MR) is 96.2 cm³/mol. The molecule has 1 aliphatic rings. The third-order valence-corrected chi connectivity index (χ3v) is 5.33. The average Bonchev–Trinajstić information content (AvgIpc) is 3.11. The highest BCUT2D eigenvalue weighted by molar-refractivity contribution is 7.10. The van der Waals surface area contributed by atoms with Gasteiger partial charge < -0.3 is 5.32 Å². The fourth-order valence-electron chi connectivity index (χ4n) is 3.00. The highest BCUT2D eigenvalue weighted by atomic mass is 32.1. The van der Waals surface area contributed by atoms with Gasteiger partial charge in [-0.15, -0.1) is 11.3 Å². The van der Waals surface area contributed by atoms with E-state index < -0.39 is 0 Å². The maximum atomic E-state index is 12.4. The summed E-state index contributed by atoms with van der Waals surface area (Å²) in [6.07, 6.45) is 2.99. The van der Waals surface area contributed by atoms with E-state index in [-0.39, 0.29) is 11.7 Å². The van der Waals surface area contributed by atoms with Gasteiger partial charge in [0.05, 0.1) is 11.3 Å². The van der Waals surface area contributed by atoms with E-state index in [1.807, 2.05) is 30.3 Å². The summed E-state index contributed by atoms with van der Waals surface area (Å²) in [6.45, 7) is 2.05. The Kier molecular flexibility index (Phi) is 3.86. The molecule has 4 nitrogen and oxygen atoms in total. The molecule has 0 saturated carbocycles. The molecule has 4 rings (SSSR count). The van der Waals surface area contributed by atoms with Crippen LogP contribution < -0.4 is 5.32 Å². The second-order valence-corrected chi connectivity index (χ2v) is 7.07. The van der Waals surface area contributed by atoms with Crippen LogP contribution in [0.25, 0.3) is 0 Å². The summed E-state index contributed by atoms with van der Waals surface area (Å²) < 4.78 is 0. The molecular weight excluding hydrogens is 318 g/mol. The largest absolute Gasteiger partial charge is 0.324 e. The number of thiophene rings is 1. The third kappa shape index (κ3) is 2.95. The molecule has 3 aromatic rings. The van der Waals surface area contributed by atoms with Crippen molar-refractivity contribution in [1.82, 2.24) is 9.97 Å². The van der Waals surface area contributed by atoms with Gasteiger partial charge in [-0.25, -0.2) is 9.97 Å². The third-order valence-electron chi connectivity index (χ3n) is 4.29. The second-order valence-electron chi connectivity index (χ2n) is 6.09. The normalized spacial score (nSPS) is 16.7. The summed E-state index contributed by atoms with van der Waals surface area (Å²) in [5.74, 6) is 0.904. The quantitative estimate of drug-likeness (QED) is 0.765. The molecule has 1 aliphatic carbocycles. The number of rotatable bonds is 3. The van der Waals surface area contributed by atoms with Crippen molar-refractivity contribution in [3.8, 4) is 0 Å². The van der Waals surface area contributed by atoms with Gasteiger partial charge in [0.2, 0.25) is 5.95 Å². The van der Waals surface area contributed by atoms with Crippen LogP contribution in [0.5, 0.6) is 0 Å². The van der Waals surface area contributed by atoms with Crippen molar-refractivity contribution in [3.63, 3.8) is 0 Å². The van der Waals surface area contributed by atoms with Crippen molar-refractivity contribution in [2.24, 2.45) is 0 Å². The van der Waals surface area contributed by atoms with E-state index in [0.717, 1.165) is 17.8 Å². The molecular formula is C19H17N3OS. The Bertz CT molecular complexity index is 872. The van der Waals surface area contributed by atoms with E-state index in [2.05, 4.69) is 33.7 Å². The maximum absolute atomic E-state index is 12.4. The van der Waals surface area contributed by atoms with Crippen molar-refractivity contribution in [1.29, 1.82) is 0 Å². The second kappa shape index (κ2) is 6.17. The van der Waals surface area contributed by atoms with Crippen LogP contribution in [0.1, 0.15) is 38.8 Å². The first-order valence-electron chi connectivity index (χ1n) is 7.95. The van der Waals surface area contributed by atoms with Gasteiger partial charge in [-0.3, -0.25) is 4.79 Å². The van der Waals surface area contributed by atoms with Crippen LogP contribution in [0, 0.1) is 6.92 Å². The topological polar surface area (TPSA) is 54.9 Å². The number of benzene rings is 1. The van der Waals surface area contributed by atoms with Gasteiger partial charge in [-0.05, 0) is 36.9 Å². The zero-order chi connectivity index (χ0) is 16.5. The van der Waals surface area contributed by atoms with Gasteiger partial charge in [-0.1, -0.05) is 23.8 Å². The summed E-state index contributed by atoms with van der Waals surface area (Å²) in [5.41, 5.74) is 3.65. The number of aromatic nitrogens is 2. The molecule has 1 aromatic carbocycles. The van der Waals surface area contributed by atoms with E-state index in [4.69, 9.17) is 0 Å². The molecule has 0 amide bonds. The van der Waals surface area contributed by atoms with E-state index in [1.165, 1.54) is 10.4 Å². The molecule has 0 fully saturated rings. The van der Waals surface area contributed by atoms with Gasteiger partial charge in [0, 0.05) is 29.1 Å². The monoisotopic (exact) mass is 335 g/mol. The smallest absolute Gasteiger partial charge is 0.227 e. The van der Waals surface area contributed by atoms with Crippen molar-refractivity contribution in [2.45, 2.75) is 25.7 Å². The lowest BCUT2D eigenvalue weighted by atomic mass is 9.86. The van der Waals surface area contributed by atoms with E-state index in [1.54, 1.807) is 17.5 Å². The fourth-order valence-corrected chi connectivity index (χ4v) is 3.83. The maximum Gasteiger partial charge on any atom is 0.227 e. The Balaban J connectivity index is 1.61. The molecule has 5 heteroatoms. The molecule has 1 atom stereocenters. The first kappa shape index (κ1) is 15.0. The number of fused-ring (bicyclic) bond motifs is 1. The zero-order valence-electron chi connectivity index (χ0n) is 13.3. The first-order valence-corrected chi connectivity index (χ1v) is 8.83. The molecule has 0 unspecified atom stereocenters. The van der Waals surface area contributed by atoms with E-state index in [0.29, 0.717) is 17.9 Å². The van der Waals surface area contributed by atoms with Gasteiger partial charge >= 0.3 is 0 Å². The Labute approximate surface area is 144 Å². The SMILES string of the molecule is Cc1ccc(Nc2ncc3c(n2)C[C@@H](c2cccs2)CC3=O)cc1. The average molecular weight is 335 g/mol. The number of anilines is 2. The molecule has 0 aliphatic heterocycles. The number of ketones is 1. The highest BCUT2D eigenvalue weighted by Gasteiger charge is 2.28. The van der Waals surface area contributed by atoms with Crippen molar-refractivity contribution in [3.05, 3.63) is 69.7 Å². The lowest BCUT2D eigenvalue weighted by Gasteiger charge is -2.22. The van der Waals surface area contributed by atoms with Gasteiger partial charge in [0.25, 0.3) is 0 Å². The molecule has 0 radical (unpaired) electrons. The van der Waals surface area contributed by atoms with Gasteiger partial charge in [0.15, 0.2) is 5.78 Å². The summed E-state index contributed by atoms with van der Waals surface area (Å²) in [7, 11) is 0. The molecule has 1 N–H and O–H groups in total. The fraction of sp³-hybridized carbons (Fsp3) is 0.211. The van der Waals surface area contributed by atoms with Crippen LogP contribution in [-0.4, -0.2) is 15.8 Å². The van der Waals surface area contributed by atoms with Crippen LogP contribution in [0.2, 0.25) is 0 Å². The minimum atomic E-state index is 0.136. The first-order chi connectivity index (χ1) is 11.7. The van der Waals surface area contributed by atoms with Crippen molar-refractivity contribution in [2.75, 3.05) is 5.32 Å². The molecule has 0 bridgehead atoms. The highest BCUT2D eigenvalue weighted by Crippen LogP contribution is 2.34. The Morgan fingerprint density at radius 2 is 2.00 bits per heavy atom. The number of carbonyl (C=O) groups excluding carboxylic acids is 1. The standard InChI is InChI=1S/C19H17N3OS/c1-12-4-6-14(7-5-12)21-19-20-11-15-16(22-19)9-13(10-17(15)23)18-3-2-8-24-18/h2-8,11,13H,9-10H2,1H3,(H,20,21,22)/t13-/m1/s1. The van der Waals surface area contributed by atoms with Crippen LogP contribution in [0.3, 0.4) is 0 Å². The number of nitrogens with zero attached hydrogens (tertiary/aromatic N) is 2.